The number of amides is 1. The van der Waals surface area contributed by atoms with Gasteiger partial charge < -0.3 is 5.32 Å². The first kappa shape index (κ1) is 13.1. The largest absolute Gasteiger partial charge is 0.347 e. The van der Waals surface area contributed by atoms with E-state index in [1.807, 2.05) is 6.92 Å². The molecule has 1 atom stereocenters. The number of carbonyl (C=O) groups excluding carboxylic acids is 2. The van der Waals surface area contributed by atoms with Crippen molar-refractivity contribution in [3.8, 4) is 0 Å². The molecular weight excluding hydrogens is 178 g/mol. The molecular formula is C11H21NO2. The maximum Gasteiger partial charge on any atom is 0.220 e. The van der Waals surface area contributed by atoms with Crippen LogP contribution in [-0.2, 0) is 9.59 Å². The molecule has 3 heteroatoms. The van der Waals surface area contributed by atoms with Crippen molar-refractivity contribution in [2.45, 2.75) is 58.9 Å². The highest BCUT2D eigenvalue weighted by Gasteiger charge is 2.12. The molecule has 0 aliphatic heterocycles. The molecule has 0 saturated heterocycles. The van der Waals surface area contributed by atoms with Crippen molar-refractivity contribution in [2.24, 2.45) is 0 Å². The number of carbonyl (C=O) groups is 2. The maximum atomic E-state index is 11.3. The molecule has 0 spiro atoms. The predicted molar refractivity (Wildman–Crippen MR) is 57.0 cm³/mol. The minimum Gasteiger partial charge on any atom is -0.347 e. The van der Waals surface area contributed by atoms with Crippen LogP contribution in [0.2, 0.25) is 0 Å². The maximum absolute atomic E-state index is 11.3. The van der Waals surface area contributed by atoms with E-state index >= 15 is 0 Å². The molecule has 0 aliphatic rings. The molecule has 0 radical (unpaired) electrons. The minimum atomic E-state index is -0.325. The van der Waals surface area contributed by atoms with Crippen LogP contribution in [-0.4, -0.2) is 17.7 Å². The number of rotatable bonds is 7. The zero-order chi connectivity index (χ0) is 11.0. The summed E-state index contributed by atoms with van der Waals surface area (Å²) in [7, 11) is 0. The van der Waals surface area contributed by atoms with E-state index in [0.29, 0.717) is 12.8 Å². The van der Waals surface area contributed by atoms with Crippen molar-refractivity contribution in [1.82, 2.24) is 5.32 Å². The SMILES string of the molecule is CCCCCC(=O)NC(C)C(=O)CC. The van der Waals surface area contributed by atoms with Crippen molar-refractivity contribution < 1.29 is 9.59 Å². The van der Waals surface area contributed by atoms with Gasteiger partial charge >= 0.3 is 0 Å². The quantitative estimate of drug-likeness (QED) is 0.638. The standard InChI is InChI=1S/C11H21NO2/c1-4-6-7-8-11(14)12-9(3)10(13)5-2/h9H,4-8H2,1-3H3,(H,12,14). The van der Waals surface area contributed by atoms with Crippen molar-refractivity contribution in [1.29, 1.82) is 0 Å². The summed E-state index contributed by atoms with van der Waals surface area (Å²) in [6, 6.07) is -0.325. The van der Waals surface area contributed by atoms with E-state index in [0.717, 1.165) is 19.3 Å². The summed E-state index contributed by atoms with van der Waals surface area (Å²) in [6.45, 7) is 5.65. The van der Waals surface area contributed by atoms with Crippen LogP contribution in [0.5, 0.6) is 0 Å². The summed E-state index contributed by atoms with van der Waals surface area (Å²) in [4.78, 5) is 22.4. The molecule has 14 heavy (non-hydrogen) atoms. The fraction of sp³-hybridized carbons (Fsp3) is 0.818. The van der Waals surface area contributed by atoms with Gasteiger partial charge in [-0.2, -0.15) is 0 Å². The van der Waals surface area contributed by atoms with E-state index in [9.17, 15) is 9.59 Å². The Hall–Kier alpha value is -0.860. The highest BCUT2D eigenvalue weighted by molar-refractivity contribution is 5.88. The van der Waals surface area contributed by atoms with Crippen LogP contribution in [0.15, 0.2) is 0 Å². The van der Waals surface area contributed by atoms with Crippen LogP contribution in [0.3, 0.4) is 0 Å². The van der Waals surface area contributed by atoms with Crippen LogP contribution in [0.1, 0.15) is 52.9 Å². The second-order valence-electron chi connectivity index (χ2n) is 3.57. The molecule has 0 aromatic heterocycles. The van der Waals surface area contributed by atoms with Gasteiger partial charge in [0.25, 0.3) is 0 Å². The van der Waals surface area contributed by atoms with Crippen LogP contribution in [0.4, 0.5) is 0 Å². The highest BCUT2D eigenvalue weighted by atomic mass is 16.2. The molecule has 0 aromatic carbocycles. The van der Waals surface area contributed by atoms with Crippen molar-refractivity contribution in [3.05, 3.63) is 0 Å². The van der Waals surface area contributed by atoms with E-state index in [-0.39, 0.29) is 17.7 Å². The second-order valence-corrected chi connectivity index (χ2v) is 3.57. The lowest BCUT2D eigenvalue weighted by Crippen LogP contribution is -2.38. The van der Waals surface area contributed by atoms with E-state index in [1.54, 1.807) is 6.92 Å². The molecule has 1 amide bonds. The lowest BCUT2D eigenvalue weighted by atomic mass is 10.1. The van der Waals surface area contributed by atoms with Gasteiger partial charge in [-0.15, -0.1) is 0 Å². The summed E-state index contributed by atoms with van der Waals surface area (Å²) >= 11 is 0. The average molecular weight is 199 g/mol. The lowest BCUT2D eigenvalue weighted by molar-refractivity contribution is -0.127. The Kier molecular flexibility index (Phi) is 7.07. The molecule has 0 heterocycles. The number of hydrogen-bond acceptors (Lipinski definition) is 2. The Morgan fingerprint density at radius 1 is 1.21 bits per heavy atom. The number of unbranched alkanes of at least 4 members (excludes halogenated alkanes) is 2. The molecule has 0 fully saturated rings. The summed E-state index contributed by atoms with van der Waals surface area (Å²) < 4.78 is 0. The first-order chi connectivity index (χ1) is 6.61. The first-order valence-electron chi connectivity index (χ1n) is 5.43. The molecule has 0 rings (SSSR count). The molecule has 0 bridgehead atoms. The Morgan fingerprint density at radius 3 is 2.36 bits per heavy atom. The smallest absolute Gasteiger partial charge is 0.220 e. The van der Waals surface area contributed by atoms with Crippen LogP contribution >= 0.6 is 0 Å². The Bertz CT molecular complexity index is 190. The fourth-order valence-electron chi connectivity index (χ4n) is 1.24. The van der Waals surface area contributed by atoms with E-state index in [1.165, 1.54) is 0 Å². The second kappa shape index (κ2) is 7.54. The third-order valence-corrected chi connectivity index (χ3v) is 2.22. The molecule has 3 nitrogen and oxygen atoms in total. The minimum absolute atomic E-state index is 0.00671. The van der Waals surface area contributed by atoms with Gasteiger partial charge in [-0.3, -0.25) is 9.59 Å². The highest BCUT2D eigenvalue weighted by Crippen LogP contribution is 1.99. The summed E-state index contributed by atoms with van der Waals surface area (Å²) in [6.07, 6.45) is 4.11. The van der Waals surface area contributed by atoms with Gasteiger partial charge in [-0.05, 0) is 13.3 Å². The molecule has 0 saturated carbocycles. The molecule has 1 N–H and O–H groups in total. The zero-order valence-electron chi connectivity index (χ0n) is 9.43. The molecule has 82 valence electrons. The fourth-order valence-corrected chi connectivity index (χ4v) is 1.24. The van der Waals surface area contributed by atoms with Crippen LogP contribution < -0.4 is 5.32 Å². The van der Waals surface area contributed by atoms with Gasteiger partial charge in [0.1, 0.15) is 0 Å². The van der Waals surface area contributed by atoms with Gasteiger partial charge in [0, 0.05) is 12.8 Å². The number of nitrogens with one attached hydrogen (secondary N) is 1. The molecule has 1 unspecified atom stereocenters. The number of Topliss-reactive ketones (excluding diaryl/α,β-unsaturated/α-hetero) is 1. The third-order valence-electron chi connectivity index (χ3n) is 2.22. The van der Waals surface area contributed by atoms with Gasteiger partial charge in [0.2, 0.25) is 5.91 Å². The average Bonchev–Trinajstić information content (AvgIpc) is 2.16. The van der Waals surface area contributed by atoms with Crippen LogP contribution in [0.25, 0.3) is 0 Å². The molecule has 0 aromatic rings. The first-order valence-corrected chi connectivity index (χ1v) is 5.43. The normalized spacial score (nSPS) is 12.2. The van der Waals surface area contributed by atoms with Gasteiger partial charge in [-0.1, -0.05) is 26.7 Å². The van der Waals surface area contributed by atoms with Gasteiger partial charge in [0.15, 0.2) is 5.78 Å². The van der Waals surface area contributed by atoms with E-state index in [4.69, 9.17) is 0 Å². The Labute approximate surface area is 86.3 Å². The molecule has 0 aliphatic carbocycles. The van der Waals surface area contributed by atoms with Gasteiger partial charge in [-0.25, -0.2) is 0 Å². The summed E-state index contributed by atoms with van der Waals surface area (Å²) in [5.41, 5.74) is 0. The lowest BCUT2D eigenvalue weighted by Gasteiger charge is -2.11. The van der Waals surface area contributed by atoms with Crippen molar-refractivity contribution in [2.75, 3.05) is 0 Å². The zero-order valence-corrected chi connectivity index (χ0v) is 9.43. The topological polar surface area (TPSA) is 46.2 Å². The van der Waals surface area contributed by atoms with Crippen molar-refractivity contribution in [3.63, 3.8) is 0 Å². The summed E-state index contributed by atoms with van der Waals surface area (Å²) in [5, 5.41) is 2.70. The Balaban J connectivity index is 3.65. The third kappa shape index (κ3) is 5.73. The summed E-state index contributed by atoms with van der Waals surface area (Å²) in [5.74, 6) is 0.0848. The van der Waals surface area contributed by atoms with E-state index < -0.39 is 0 Å². The number of ketones is 1. The Morgan fingerprint density at radius 2 is 1.86 bits per heavy atom. The predicted octanol–water partition coefficient (Wildman–Crippen LogP) is 2.05. The van der Waals surface area contributed by atoms with Gasteiger partial charge in [0.05, 0.1) is 6.04 Å². The van der Waals surface area contributed by atoms with Crippen molar-refractivity contribution >= 4 is 11.7 Å². The van der Waals surface area contributed by atoms with Crippen LogP contribution in [0, 0.1) is 0 Å². The number of hydrogen-bond donors (Lipinski definition) is 1. The van der Waals surface area contributed by atoms with E-state index in [2.05, 4.69) is 12.2 Å². The monoisotopic (exact) mass is 199 g/mol.